The smallest absolute Gasteiger partial charge is 0.255 e. The number of aromatic nitrogens is 1. The van der Waals surface area contributed by atoms with Crippen molar-refractivity contribution in [2.75, 3.05) is 12.3 Å². The first-order valence-corrected chi connectivity index (χ1v) is 8.67. The van der Waals surface area contributed by atoms with Gasteiger partial charge in [0.1, 0.15) is 18.2 Å². The zero-order valence-corrected chi connectivity index (χ0v) is 14.9. The van der Waals surface area contributed by atoms with Crippen molar-refractivity contribution in [2.24, 2.45) is 0 Å². The molecule has 0 unspecified atom stereocenters. The number of carbonyl (C=O) groups is 1. The van der Waals surface area contributed by atoms with Crippen molar-refractivity contribution in [2.45, 2.75) is 32.7 Å². The van der Waals surface area contributed by atoms with Crippen LogP contribution in [-0.4, -0.2) is 17.5 Å². The first-order chi connectivity index (χ1) is 12.6. The third-order valence-corrected chi connectivity index (χ3v) is 3.72. The number of pyridine rings is 1. The monoisotopic (exact) mass is 357 g/mol. The Bertz CT molecular complexity index is 762. The van der Waals surface area contributed by atoms with Crippen molar-refractivity contribution in [1.82, 2.24) is 10.3 Å². The molecule has 0 spiro atoms. The summed E-state index contributed by atoms with van der Waals surface area (Å²) in [5.74, 6) is -0.512. The molecule has 2 rings (SSSR count). The molecule has 1 aromatic carbocycles. The molecule has 0 saturated heterocycles. The summed E-state index contributed by atoms with van der Waals surface area (Å²) in [5, 5.41) is 2.74. The summed E-state index contributed by atoms with van der Waals surface area (Å²) < 4.78 is 18.6. The highest BCUT2D eigenvalue weighted by molar-refractivity contribution is 5.98. The standard InChI is InChI=1S/C20H24FN3O2/c1-2-3-4-5-6-12-26-16-9-7-8-15(13-16)14-23-20(25)17-10-11-18(21)24-19(17)22/h5-11,13H,2-4,12,14H2,1H3,(H2,22,24)(H,23,25). The van der Waals surface area contributed by atoms with Crippen molar-refractivity contribution in [3.8, 4) is 5.75 Å². The molecule has 0 fully saturated rings. The van der Waals surface area contributed by atoms with E-state index in [0.29, 0.717) is 13.2 Å². The molecule has 2 aromatic rings. The van der Waals surface area contributed by atoms with Crippen LogP contribution in [0.5, 0.6) is 5.75 Å². The molecule has 1 heterocycles. The van der Waals surface area contributed by atoms with E-state index in [-0.39, 0.29) is 11.4 Å². The van der Waals surface area contributed by atoms with Gasteiger partial charge < -0.3 is 15.8 Å². The molecular formula is C20H24FN3O2. The second-order valence-electron chi connectivity index (χ2n) is 5.82. The second-order valence-corrected chi connectivity index (χ2v) is 5.82. The Hall–Kier alpha value is -2.89. The Kier molecular flexibility index (Phi) is 7.61. The van der Waals surface area contributed by atoms with Crippen LogP contribution in [-0.2, 0) is 6.54 Å². The van der Waals surface area contributed by atoms with E-state index in [4.69, 9.17) is 10.5 Å². The summed E-state index contributed by atoms with van der Waals surface area (Å²) in [6.07, 6.45) is 7.55. The lowest BCUT2D eigenvalue weighted by Gasteiger charge is -2.09. The van der Waals surface area contributed by atoms with Crippen LogP contribution in [0.1, 0.15) is 42.1 Å². The van der Waals surface area contributed by atoms with Crippen LogP contribution in [0.2, 0.25) is 0 Å². The van der Waals surface area contributed by atoms with Crippen molar-refractivity contribution >= 4 is 11.7 Å². The largest absolute Gasteiger partial charge is 0.490 e. The van der Waals surface area contributed by atoms with Crippen LogP contribution < -0.4 is 15.8 Å². The van der Waals surface area contributed by atoms with E-state index in [1.807, 2.05) is 30.3 Å². The van der Waals surface area contributed by atoms with E-state index in [1.54, 1.807) is 0 Å². The summed E-state index contributed by atoms with van der Waals surface area (Å²) in [7, 11) is 0. The van der Waals surface area contributed by atoms with Gasteiger partial charge in [-0.3, -0.25) is 4.79 Å². The number of hydrogen-bond acceptors (Lipinski definition) is 4. The normalized spacial score (nSPS) is 10.8. The average molecular weight is 357 g/mol. The van der Waals surface area contributed by atoms with Gasteiger partial charge >= 0.3 is 0 Å². The van der Waals surface area contributed by atoms with Gasteiger partial charge in [-0.15, -0.1) is 0 Å². The van der Waals surface area contributed by atoms with Crippen molar-refractivity contribution in [3.05, 3.63) is 65.6 Å². The molecule has 6 heteroatoms. The molecule has 3 N–H and O–H groups in total. The minimum Gasteiger partial charge on any atom is -0.490 e. The van der Waals surface area contributed by atoms with E-state index < -0.39 is 11.9 Å². The van der Waals surface area contributed by atoms with Crippen molar-refractivity contribution in [1.29, 1.82) is 0 Å². The lowest BCUT2D eigenvalue weighted by atomic mass is 10.2. The molecule has 0 bridgehead atoms. The fourth-order valence-corrected chi connectivity index (χ4v) is 2.32. The number of amides is 1. The minimum atomic E-state index is -0.715. The number of rotatable bonds is 9. The molecule has 0 atom stereocenters. The number of unbranched alkanes of at least 4 members (excludes halogenated alkanes) is 2. The quantitative estimate of drug-likeness (QED) is 0.406. The predicted molar refractivity (Wildman–Crippen MR) is 100 cm³/mol. The molecule has 5 nitrogen and oxygen atoms in total. The molecule has 1 aromatic heterocycles. The van der Waals surface area contributed by atoms with Gasteiger partial charge in [0, 0.05) is 6.54 Å². The number of allylic oxidation sites excluding steroid dienone is 1. The van der Waals surface area contributed by atoms with Gasteiger partial charge in [0.15, 0.2) is 0 Å². The minimum absolute atomic E-state index is 0.130. The molecule has 26 heavy (non-hydrogen) atoms. The lowest BCUT2D eigenvalue weighted by molar-refractivity contribution is 0.0951. The summed E-state index contributed by atoms with van der Waals surface area (Å²) in [6.45, 7) is 2.98. The van der Waals surface area contributed by atoms with E-state index >= 15 is 0 Å². The lowest BCUT2D eigenvalue weighted by Crippen LogP contribution is -2.24. The van der Waals surface area contributed by atoms with E-state index in [9.17, 15) is 9.18 Å². The highest BCUT2D eigenvalue weighted by Crippen LogP contribution is 2.14. The summed E-state index contributed by atoms with van der Waals surface area (Å²) >= 11 is 0. The Balaban J connectivity index is 1.86. The number of nitrogens with zero attached hydrogens (tertiary/aromatic N) is 1. The maximum Gasteiger partial charge on any atom is 0.255 e. The van der Waals surface area contributed by atoms with Crippen LogP contribution >= 0.6 is 0 Å². The Labute approximate surface area is 153 Å². The van der Waals surface area contributed by atoms with Crippen LogP contribution in [0.3, 0.4) is 0 Å². The third-order valence-electron chi connectivity index (χ3n) is 3.72. The van der Waals surface area contributed by atoms with Gasteiger partial charge in [0.2, 0.25) is 5.95 Å². The van der Waals surface area contributed by atoms with Gasteiger partial charge in [0.25, 0.3) is 5.91 Å². The summed E-state index contributed by atoms with van der Waals surface area (Å²) in [6, 6.07) is 9.91. The van der Waals surface area contributed by atoms with E-state index in [1.165, 1.54) is 18.9 Å². The molecule has 0 aliphatic heterocycles. The Morgan fingerprint density at radius 1 is 1.31 bits per heavy atom. The number of nitrogens with two attached hydrogens (primary N) is 1. The topological polar surface area (TPSA) is 77.2 Å². The van der Waals surface area contributed by atoms with Crippen LogP contribution in [0.4, 0.5) is 10.2 Å². The fourth-order valence-electron chi connectivity index (χ4n) is 2.32. The van der Waals surface area contributed by atoms with Gasteiger partial charge in [-0.25, -0.2) is 4.98 Å². The first kappa shape index (κ1) is 19.4. The second kappa shape index (κ2) is 10.2. The Morgan fingerprint density at radius 2 is 2.15 bits per heavy atom. The van der Waals surface area contributed by atoms with Gasteiger partial charge in [-0.2, -0.15) is 4.39 Å². The first-order valence-electron chi connectivity index (χ1n) is 8.67. The van der Waals surface area contributed by atoms with Crippen LogP contribution in [0.15, 0.2) is 48.6 Å². The number of halogens is 1. The number of nitrogens with one attached hydrogen (secondary N) is 1. The molecular weight excluding hydrogens is 333 g/mol. The van der Waals surface area contributed by atoms with Crippen molar-refractivity contribution in [3.63, 3.8) is 0 Å². The average Bonchev–Trinajstić information content (AvgIpc) is 2.63. The zero-order chi connectivity index (χ0) is 18.8. The third kappa shape index (κ3) is 6.20. The number of ether oxygens (including phenoxy) is 1. The zero-order valence-electron chi connectivity index (χ0n) is 14.9. The molecule has 0 aliphatic carbocycles. The van der Waals surface area contributed by atoms with E-state index in [2.05, 4.69) is 23.3 Å². The molecule has 0 radical (unpaired) electrons. The predicted octanol–water partition coefficient (Wildman–Crippen LogP) is 3.86. The van der Waals surface area contributed by atoms with Crippen molar-refractivity contribution < 1.29 is 13.9 Å². The summed E-state index contributed by atoms with van der Waals surface area (Å²) in [4.78, 5) is 15.6. The highest BCUT2D eigenvalue weighted by atomic mass is 19.1. The molecule has 138 valence electrons. The van der Waals surface area contributed by atoms with Gasteiger partial charge in [0.05, 0.1) is 5.56 Å². The molecule has 0 saturated carbocycles. The van der Waals surface area contributed by atoms with Gasteiger partial charge in [-0.05, 0) is 36.2 Å². The van der Waals surface area contributed by atoms with Crippen LogP contribution in [0, 0.1) is 5.95 Å². The number of nitrogen functional groups attached to an aromatic ring is 1. The highest BCUT2D eigenvalue weighted by Gasteiger charge is 2.11. The molecule has 0 aliphatic rings. The number of benzene rings is 1. The summed E-state index contributed by atoms with van der Waals surface area (Å²) in [5.41, 5.74) is 6.61. The number of hydrogen-bond donors (Lipinski definition) is 2. The fraction of sp³-hybridized carbons (Fsp3) is 0.300. The number of anilines is 1. The van der Waals surface area contributed by atoms with Crippen LogP contribution in [0.25, 0.3) is 0 Å². The molecule has 1 amide bonds. The maximum atomic E-state index is 13.0. The number of carbonyl (C=O) groups excluding carboxylic acids is 1. The van der Waals surface area contributed by atoms with E-state index in [0.717, 1.165) is 23.8 Å². The maximum absolute atomic E-state index is 13.0. The van der Waals surface area contributed by atoms with Gasteiger partial charge in [-0.1, -0.05) is 44.1 Å². The Morgan fingerprint density at radius 3 is 2.92 bits per heavy atom. The SMILES string of the molecule is CCCCC=CCOc1cccc(CNC(=O)c2ccc(F)nc2N)c1.